The Morgan fingerprint density at radius 3 is 2.96 bits per heavy atom. The molecular weight excluding hydrogens is 328 g/mol. The van der Waals surface area contributed by atoms with Crippen molar-refractivity contribution in [2.45, 2.75) is 45.9 Å². The van der Waals surface area contributed by atoms with E-state index >= 15 is 0 Å². The van der Waals surface area contributed by atoms with Crippen LogP contribution < -0.4 is 14.8 Å². The summed E-state index contributed by atoms with van der Waals surface area (Å²) in [5.41, 5.74) is 1.85. The Morgan fingerprint density at radius 2 is 2.20 bits per heavy atom. The van der Waals surface area contributed by atoms with E-state index < -0.39 is 6.43 Å². The average Bonchev–Trinajstić information content (AvgIpc) is 2.96. The van der Waals surface area contributed by atoms with Crippen LogP contribution in [-0.4, -0.2) is 22.7 Å². The van der Waals surface area contributed by atoms with Crippen LogP contribution >= 0.6 is 0 Å². The van der Waals surface area contributed by atoms with Gasteiger partial charge in [-0.05, 0) is 32.0 Å². The third-order valence-corrected chi connectivity index (χ3v) is 3.90. The van der Waals surface area contributed by atoms with Gasteiger partial charge < -0.3 is 14.8 Å². The number of aromatic nitrogens is 2. The Balaban J connectivity index is 1.70. The van der Waals surface area contributed by atoms with E-state index in [2.05, 4.69) is 15.3 Å². The molecule has 7 heteroatoms. The minimum atomic E-state index is -2.59. The number of hydrogen-bond acceptors (Lipinski definition) is 5. The van der Waals surface area contributed by atoms with Gasteiger partial charge >= 0.3 is 0 Å². The Kier molecular flexibility index (Phi) is 5.43. The van der Waals surface area contributed by atoms with Gasteiger partial charge in [-0.2, -0.15) is 0 Å². The van der Waals surface area contributed by atoms with Gasteiger partial charge in [0.25, 0.3) is 6.43 Å². The number of nitrogens with one attached hydrogen (secondary N) is 1. The van der Waals surface area contributed by atoms with Gasteiger partial charge in [-0.1, -0.05) is 0 Å². The van der Waals surface area contributed by atoms with Crippen molar-refractivity contribution in [3.63, 3.8) is 0 Å². The maximum Gasteiger partial charge on any atom is 0.280 e. The van der Waals surface area contributed by atoms with Gasteiger partial charge in [-0.25, -0.2) is 18.7 Å². The first kappa shape index (κ1) is 17.5. The quantitative estimate of drug-likeness (QED) is 0.830. The van der Waals surface area contributed by atoms with Crippen molar-refractivity contribution in [3.8, 4) is 11.5 Å². The minimum absolute atomic E-state index is 0.136. The number of hydrogen-bond donors (Lipinski definition) is 1. The Hall–Kier alpha value is -2.28. The second kappa shape index (κ2) is 7.74. The van der Waals surface area contributed by atoms with Crippen molar-refractivity contribution in [1.82, 2.24) is 15.3 Å². The lowest BCUT2D eigenvalue weighted by Crippen LogP contribution is -2.16. The molecule has 0 radical (unpaired) electrons. The van der Waals surface area contributed by atoms with E-state index in [1.165, 1.54) is 12.3 Å². The third kappa shape index (κ3) is 4.22. The summed E-state index contributed by atoms with van der Waals surface area (Å²) >= 11 is 0. The van der Waals surface area contributed by atoms with Crippen LogP contribution in [0.15, 0.2) is 24.4 Å². The highest BCUT2D eigenvalue weighted by atomic mass is 19.3. The lowest BCUT2D eigenvalue weighted by atomic mass is 10.1. The maximum absolute atomic E-state index is 12.7. The molecule has 2 heterocycles. The Labute approximate surface area is 145 Å². The summed E-state index contributed by atoms with van der Waals surface area (Å²) in [7, 11) is 0. The zero-order chi connectivity index (χ0) is 17.8. The van der Waals surface area contributed by atoms with Gasteiger partial charge in [-0.3, -0.25) is 0 Å². The lowest BCUT2D eigenvalue weighted by Gasteiger charge is -2.13. The van der Waals surface area contributed by atoms with E-state index in [1.54, 1.807) is 0 Å². The summed E-state index contributed by atoms with van der Waals surface area (Å²) in [5, 5.41) is 3.19. The first-order valence-corrected chi connectivity index (χ1v) is 8.32. The molecule has 0 fully saturated rings. The van der Waals surface area contributed by atoms with Crippen molar-refractivity contribution >= 4 is 0 Å². The van der Waals surface area contributed by atoms with Crippen LogP contribution in [0.1, 0.15) is 42.9 Å². The molecule has 1 atom stereocenters. The first-order valence-electron chi connectivity index (χ1n) is 8.32. The fraction of sp³-hybridized carbons (Fsp3) is 0.444. The number of alkyl halides is 2. The van der Waals surface area contributed by atoms with Crippen LogP contribution in [0.5, 0.6) is 11.5 Å². The topological polar surface area (TPSA) is 56.3 Å². The van der Waals surface area contributed by atoms with Gasteiger partial charge in [0.2, 0.25) is 0 Å². The number of halogens is 2. The highest BCUT2D eigenvalue weighted by Crippen LogP contribution is 2.36. The number of nitrogens with zero attached hydrogens (tertiary/aromatic N) is 2. The largest absolute Gasteiger partial charge is 0.494 e. The first-order chi connectivity index (χ1) is 12.1. The molecule has 0 amide bonds. The molecule has 1 aromatic carbocycles. The molecule has 2 aromatic rings. The zero-order valence-electron chi connectivity index (χ0n) is 14.3. The van der Waals surface area contributed by atoms with Crippen LogP contribution in [0, 0.1) is 0 Å². The zero-order valence-corrected chi connectivity index (χ0v) is 14.3. The highest BCUT2D eigenvalue weighted by molar-refractivity contribution is 5.49. The van der Waals surface area contributed by atoms with Gasteiger partial charge in [0.1, 0.15) is 29.1 Å². The number of rotatable bonds is 7. The van der Waals surface area contributed by atoms with E-state index in [1.807, 2.05) is 26.0 Å². The van der Waals surface area contributed by atoms with Crippen LogP contribution in [-0.2, 0) is 19.5 Å². The summed E-state index contributed by atoms with van der Waals surface area (Å²) in [5.74, 6) is 2.03. The number of ether oxygens (including phenoxy) is 2. The fourth-order valence-corrected chi connectivity index (χ4v) is 2.89. The molecule has 0 saturated heterocycles. The molecule has 3 rings (SSSR count). The number of fused-ring (bicyclic) bond motifs is 1. The summed E-state index contributed by atoms with van der Waals surface area (Å²) in [6, 6.07) is 5.19. The lowest BCUT2D eigenvalue weighted by molar-refractivity contribution is 0.145. The van der Waals surface area contributed by atoms with Crippen LogP contribution in [0.4, 0.5) is 8.78 Å². The molecular formula is C18H21F2N3O2. The smallest absolute Gasteiger partial charge is 0.280 e. The van der Waals surface area contributed by atoms with Crippen molar-refractivity contribution < 1.29 is 18.3 Å². The van der Waals surface area contributed by atoms with E-state index in [4.69, 9.17) is 9.47 Å². The molecule has 0 bridgehead atoms. The normalized spacial score (nSPS) is 16.0. The van der Waals surface area contributed by atoms with Crippen LogP contribution in [0.3, 0.4) is 0 Å². The van der Waals surface area contributed by atoms with Crippen molar-refractivity contribution in [3.05, 3.63) is 47.0 Å². The van der Waals surface area contributed by atoms with Gasteiger partial charge in [-0.15, -0.1) is 0 Å². The number of benzene rings is 1. The van der Waals surface area contributed by atoms with Gasteiger partial charge in [0.05, 0.1) is 13.2 Å². The second-order valence-electron chi connectivity index (χ2n) is 5.94. The second-order valence-corrected chi connectivity index (χ2v) is 5.94. The van der Waals surface area contributed by atoms with Crippen LogP contribution in [0.25, 0.3) is 0 Å². The summed E-state index contributed by atoms with van der Waals surface area (Å²) in [4.78, 5) is 7.88. The SMILES string of the molecule is CCOc1cc(CNCc2nccc(C(F)F)n2)c2c(c1)CC(C)O2. The molecule has 1 unspecified atom stereocenters. The predicted octanol–water partition coefficient (Wildman–Crippen LogP) is 3.43. The monoisotopic (exact) mass is 349 g/mol. The van der Waals surface area contributed by atoms with E-state index in [9.17, 15) is 8.78 Å². The minimum Gasteiger partial charge on any atom is -0.494 e. The molecule has 25 heavy (non-hydrogen) atoms. The molecule has 0 spiro atoms. The molecule has 1 N–H and O–H groups in total. The molecule has 0 aliphatic carbocycles. The van der Waals surface area contributed by atoms with Crippen molar-refractivity contribution in [1.29, 1.82) is 0 Å². The third-order valence-electron chi connectivity index (χ3n) is 3.90. The highest BCUT2D eigenvalue weighted by Gasteiger charge is 2.23. The standard InChI is InChI=1S/C18H21F2N3O2/c1-3-24-14-7-12-6-11(2)25-17(12)13(8-14)9-21-10-16-22-5-4-15(23-16)18(19)20/h4-5,7-8,11,18,21H,3,6,9-10H2,1-2H3. The molecule has 1 aliphatic rings. The maximum atomic E-state index is 12.7. The van der Waals surface area contributed by atoms with E-state index in [0.29, 0.717) is 25.5 Å². The van der Waals surface area contributed by atoms with E-state index in [-0.39, 0.29) is 11.8 Å². The van der Waals surface area contributed by atoms with Crippen molar-refractivity contribution in [2.75, 3.05) is 6.61 Å². The Bertz CT molecular complexity index is 740. The predicted molar refractivity (Wildman–Crippen MR) is 88.9 cm³/mol. The fourth-order valence-electron chi connectivity index (χ4n) is 2.89. The average molecular weight is 349 g/mol. The Morgan fingerprint density at radius 1 is 1.36 bits per heavy atom. The van der Waals surface area contributed by atoms with Gasteiger partial charge in [0.15, 0.2) is 0 Å². The molecule has 0 saturated carbocycles. The van der Waals surface area contributed by atoms with Gasteiger partial charge in [0, 0.05) is 30.3 Å². The molecule has 1 aliphatic heterocycles. The van der Waals surface area contributed by atoms with Crippen molar-refractivity contribution in [2.24, 2.45) is 0 Å². The summed E-state index contributed by atoms with van der Waals surface area (Å²) < 4.78 is 36.9. The molecule has 134 valence electrons. The molecule has 5 nitrogen and oxygen atoms in total. The summed E-state index contributed by atoms with van der Waals surface area (Å²) in [6.45, 7) is 5.37. The van der Waals surface area contributed by atoms with E-state index in [0.717, 1.165) is 29.0 Å². The summed E-state index contributed by atoms with van der Waals surface area (Å²) in [6.07, 6.45) is -0.258. The molecule has 1 aromatic heterocycles. The van der Waals surface area contributed by atoms with Crippen LogP contribution in [0.2, 0.25) is 0 Å².